The first-order valence-corrected chi connectivity index (χ1v) is 9.59. The Hall–Kier alpha value is -2.53. The Labute approximate surface area is 164 Å². The molecule has 1 heterocycles. The lowest BCUT2D eigenvalue weighted by Crippen LogP contribution is -2.32. The summed E-state index contributed by atoms with van der Waals surface area (Å²) in [6, 6.07) is 14.5. The van der Waals surface area contributed by atoms with Crippen LogP contribution in [-0.2, 0) is 4.79 Å². The van der Waals surface area contributed by atoms with Crippen molar-refractivity contribution in [2.75, 3.05) is 25.0 Å². The van der Waals surface area contributed by atoms with Gasteiger partial charge < -0.3 is 15.5 Å². The highest BCUT2D eigenvalue weighted by atomic mass is 35.5. The SMILES string of the molecule is CC(NC(=O)CNc1ccc(C(=O)N2CCCC2)cc1)c1ccccc1Cl. The molecule has 0 bridgehead atoms. The van der Waals surface area contributed by atoms with Crippen molar-refractivity contribution in [2.24, 2.45) is 0 Å². The number of carbonyl (C=O) groups excluding carboxylic acids is 2. The number of anilines is 1. The third-order valence-corrected chi connectivity index (χ3v) is 5.07. The molecule has 1 saturated heterocycles. The first kappa shape index (κ1) is 19.2. The predicted octanol–water partition coefficient (Wildman–Crippen LogP) is 3.87. The van der Waals surface area contributed by atoms with Gasteiger partial charge in [0.05, 0.1) is 12.6 Å². The normalized spacial score (nSPS) is 14.7. The van der Waals surface area contributed by atoms with E-state index in [1.807, 2.05) is 48.2 Å². The molecule has 142 valence electrons. The minimum atomic E-state index is -0.173. The van der Waals surface area contributed by atoms with E-state index in [9.17, 15) is 9.59 Å². The van der Waals surface area contributed by atoms with Crippen molar-refractivity contribution in [1.29, 1.82) is 0 Å². The molecule has 1 unspecified atom stereocenters. The van der Waals surface area contributed by atoms with Gasteiger partial charge in [0.1, 0.15) is 0 Å². The maximum absolute atomic E-state index is 12.3. The fraction of sp³-hybridized carbons (Fsp3) is 0.333. The molecule has 2 aromatic rings. The molecule has 0 aromatic heterocycles. The molecule has 2 aromatic carbocycles. The summed E-state index contributed by atoms with van der Waals surface area (Å²) in [5.74, 6) is -0.0509. The van der Waals surface area contributed by atoms with Gasteiger partial charge in [0.15, 0.2) is 0 Å². The summed E-state index contributed by atoms with van der Waals surface area (Å²) in [7, 11) is 0. The number of halogens is 1. The third-order valence-electron chi connectivity index (χ3n) is 4.73. The first-order valence-electron chi connectivity index (χ1n) is 9.21. The zero-order valence-corrected chi connectivity index (χ0v) is 16.1. The number of benzene rings is 2. The average molecular weight is 386 g/mol. The molecule has 2 amide bonds. The van der Waals surface area contributed by atoms with Crippen LogP contribution in [0.4, 0.5) is 5.69 Å². The molecule has 5 nitrogen and oxygen atoms in total. The van der Waals surface area contributed by atoms with E-state index in [2.05, 4.69) is 10.6 Å². The zero-order chi connectivity index (χ0) is 19.2. The van der Waals surface area contributed by atoms with Crippen molar-refractivity contribution in [1.82, 2.24) is 10.2 Å². The molecule has 1 atom stereocenters. The molecule has 6 heteroatoms. The van der Waals surface area contributed by atoms with Crippen LogP contribution < -0.4 is 10.6 Å². The fourth-order valence-corrected chi connectivity index (χ4v) is 3.51. The Kier molecular flexibility index (Phi) is 6.35. The van der Waals surface area contributed by atoms with Crippen molar-refractivity contribution in [3.63, 3.8) is 0 Å². The van der Waals surface area contributed by atoms with Gasteiger partial charge in [-0.25, -0.2) is 0 Å². The van der Waals surface area contributed by atoms with Gasteiger partial charge in [-0.1, -0.05) is 29.8 Å². The number of likely N-dealkylation sites (tertiary alicyclic amines) is 1. The number of nitrogens with zero attached hydrogens (tertiary/aromatic N) is 1. The summed E-state index contributed by atoms with van der Waals surface area (Å²) in [5, 5.41) is 6.64. The molecule has 1 aliphatic heterocycles. The van der Waals surface area contributed by atoms with E-state index >= 15 is 0 Å². The van der Waals surface area contributed by atoms with Crippen molar-refractivity contribution in [2.45, 2.75) is 25.8 Å². The van der Waals surface area contributed by atoms with Crippen LogP contribution in [-0.4, -0.2) is 36.3 Å². The highest BCUT2D eigenvalue weighted by Gasteiger charge is 2.19. The van der Waals surface area contributed by atoms with Gasteiger partial charge in [-0.05, 0) is 55.7 Å². The van der Waals surface area contributed by atoms with Gasteiger partial charge in [0.25, 0.3) is 5.91 Å². The van der Waals surface area contributed by atoms with E-state index in [1.165, 1.54) is 0 Å². The van der Waals surface area contributed by atoms with E-state index in [4.69, 9.17) is 11.6 Å². The summed E-state index contributed by atoms with van der Waals surface area (Å²) >= 11 is 6.17. The van der Waals surface area contributed by atoms with E-state index in [0.29, 0.717) is 10.6 Å². The Morgan fingerprint density at radius 3 is 2.41 bits per heavy atom. The Morgan fingerprint density at radius 1 is 1.07 bits per heavy atom. The maximum atomic E-state index is 12.3. The predicted molar refractivity (Wildman–Crippen MR) is 108 cm³/mol. The second-order valence-electron chi connectivity index (χ2n) is 6.74. The Morgan fingerprint density at radius 2 is 1.74 bits per heavy atom. The van der Waals surface area contributed by atoms with Crippen LogP contribution >= 0.6 is 11.6 Å². The van der Waals surface area contributed by atoms with Crippen LogP contribution in [0.5, 0.6) is 0 Å². The number of carbonyl (C=O) groups is 2. The second-order valence-corrected chi connectivity index (χ2v) is 7.15. The van der Waals surface area contributed by atoms with E-state index < -0.39 is 0 Å². The van der Waals surface area contributed by atoms with Gasteiger partial charge >= 0.3 is 0 Å². The summed E-state index contributed by atoms with van der Waals surface area (Å²) < 4.78 is 0. The van der Waals surface area contributed by atoms with Crippen LogP contribution in [0.15, 0.2) is 48.5 Å². The second kappa shape index (κ2) is 8.91. The van der Waals surface area contributed by atoms with Gasteiger partial charge in [-0.15, -0.1) is 0 Å². The smallest absolute Gasteiger partial charge is 0.253 e. The van der Waals surface area contributed by atoms with Crippen molar-refractivity contribution < 1.29 is 9.59 Å². The number of amides is 2. The first-order chi connectivity index (χ1) is 13.0. The molecule has 27 heavy (non-hydrogen) atoms. The zero-order valence-electron chi connectivity index (χ0n) is 15.4. The van der Waals surface area contributed by atoms with Crippen LogP contribution in [0.3, 0.4) is 0 Å². The quantitative estimate of drug-likeness (QED) is 0.793. The van der Waals surface area contributed by atoms with E-state index in [1.54, 1.807) is 12.1 Å². The molecule has 1 fully saturated rings. The highest BCUT2D eigenvalue weighted by molar-refractivity contribution is 6.31. The number of rotatable bonds is 6. The number of hydrogen-bond acceptors (Lipinski definition) is 3. The molecule has 1 aliphatic rings. The fourth-order valence-electron chi connectivity index (χ4n) is 3.21. The lowest BCUT2D eigenvalue weighted by atomic mass is 10.1. The summed E-state index contributed by atoms with van der Waals surface area (Å²) in [6.07, 6.45) is 2.15. The standard InChI is InChI=1S/C21H24ClN3O2/c1-15(18-6-2-3-7-19(18)22)24-20(26)14-23-17-10-8-16(9-11-17)21(27)25-12-4-5-13-25/h2-3,6-11,15,23H,4-5,12-14H2,1H3,(H,24,26). The van der Waals surface area contributed by atoms with E-state index in [0.717, 1.165) is 37.2 Å². The number of hydrogen-bond donors (Lipinski definition) is 2. The lowest BCUT2D eigenvalue weighted by Gasteiger charge is -2.17. The van der Waals surface area contributed by atoms with Crippen molar-refractivity contribution in [3.8, 4) is 0 Å². The van der Waals surface area contributed by atoms with Crippen molar-refractivity contribution in [3.05, 3.63) is 64.7 Å². The maximum Gasteiger partial charge on any atom is 0.253 e. The molecular formula is C21H24ClN3O2. The molecule has 0 spiro atoms. The molecule has 0 radical (unpaired) electrons. The van der Waals surface area contributed by atoms with Crippen LogP contribution in [0.1, 0.15) is 41.7 Å². The van der Waals surface area contributed by atoms with Gasteiger partial charge in [0.2, 0.25) is 5.91 Å². The largest absolute Gasteiger partial charge is 0.376 e. The van der Waals surface area contributed by atoms with Gasteiger partial charge in [0, 0.05) is 29.4 Å². The number of nitrogens with one attached hydrogen (secondary N) is 2. The Balaban J connectivity index is 1.50. The molecule has 3 rings (SSSR count). The monoisotopic (exact) mass is 385 g/mol. The topological polar surface area (TPSA) is 61.4 Å². The minimum absolute atomic E-state index is 0.0744. The molecular weight excluding hydrogens is 362 g/mol. The van der Waals surface area contributed by atoms with Gasteiger partial charge in [-0.3, -0.25) is 9.59 Å². The van der Waals surface area contributed by atoms with Crippen LogP contribution in [0.25, 0.3) is 0 Å². The Bertz CT molecular complexity index is 801. The van der Waals surface area contributed by atoms with E-state index in [-0.39, 0.29) is 24.4 Å². The highest BCUT2D eigenvalue weighted by Crippen LogP contribution is 2.22. The molecule has 0 saturated carbocycles. The molecule has 2 N–H and O–H groups in total. The summed E-state index contributed by atoms with van der Waals surface area (Å²) in [4.78, 5) is 26.4. The van der Waals surface area contributed by atoms with Crippen LogP contribution in [0.2, 0.25) is 5.02 Å². The summed E-state index contributed by atoms with van der Waals surface area (Å²) in [5.41, 5.74) is 2.37. The summed E-state index contributed by atoms with van der Waals surface area (Å²) in [6.45, 7) is 3.72. The minimum Gasteiger partial charge on any atom is -0.376 e. The lowest BCUT2D eigenvalue weighted by molar-refractivity contribution is -0.120. The molecule has 0 aliphatic carbocycles. The van der Waals surface area contributed by atoms with Crippen molar-refractivity contribution >= 4 is 29.1 Å². The average Bonchev–Trinajstić information content (AvgIpc) is 3.21. The third kappa shape index (κ3) is 5.01. The van der Waals surface area contributed by atoms with Crippen LogP contribution in [0, 0.1) is 0 Å². The van der Waals surface area contributed by atoms with Gasteiger partial charge in [-0.2, -0.15) is 0 Å².